The number of hydrogen-bond donors (Lipinski definition) is 1. The van der Waals surface area contributed by atoms with Crippen LogP contribution in [-0.2, 0) is 15.7 Å². The molecule has 2 amide bonds. The molecule has 3 aliphatic rings. The van der Waals surface area contributed by atoms with Crippen molar-refractivity contribution in [2.45, 2.75) is 24.6 Å². The van der Waals surface area contributed by atoms with Crippen molar-refractivity contribution in [2.75, 3.05) is 19.7 Å². The monoisotopic (exact) mass is 432 g/mol. The van der Waals surface area contributed by atoms with Crippen molar-refractivity contribution in [1.29, 1.82) is 0 Å². The standard InChI is InChI=1S/C19H17ClF4N2O3/c20-14-4-11(1-2-13(14)19(22,23)24)15(21)3-10-7-26(8-10)16(27)12-5-18(6-12)9-29-17(28)25-18/h1-4,10,12H,5-9H2,(H,25,28)/b15-3-/t12-,18-. The van der Waals surface area contributed by atoms with E-state index < -0.39 is 34.2 Å². The fourth-order valence-corrected chi connectivity index (χ4v) is 4.31. The first kappa shape index (κ1) is 20.0. The normalized spacial score (nSPS) is 27.3. The average Bonchev–Trinajstić information content (AvgIpc) is 2.96. The summed E-state index contributed by atoms with van der Waals surface area (Å²) in [4.78, 5) is 25.2. The molecule has 2 heterocycles. The summed E-state index contributed by atoms with van der Waals surface area (Å²) in [5.41, 5.74) is -1.49. The number of hydrogen-bond acceptors (Lipinski definition) is 3. The number of nitrogens with one attached hydrogen (secondary N) is 1. The molecule has 0 bridgehead atoms. The van der Waals surface area contributed by atoms with Crippen LogP contribution in [-0.4, -0.2) is 42.1 Å². The second-order valence-electron chi connectivity index (χ2n) is 7.80. The van der Waals surface area contributed by atoms with Gasteiger partial charge in [-0.3, -0.25) is 4.79 Å². The first-order valence-electron chi connectivity index (χ1n) is 9.04. The van der Waals surface area contributed by atoms with Gasteiger partial charge in [0.15, 0.2) is 0 Å². The van der Waals surface area contributed by atoms with Gasteiger partial charge in [0.2, 0.25) is 5.91 Å². The summed E-state index contributed by atoms with van der Waals surface area (Å²) in [6.45, 7) is 0.946. The molecule has 0 radical (unpaired) electrons. The highest BCUT2D eigenvalue weighted by Crippen LogP contribution is 2.42. The maximum atomic E-state index is 14.4. The minimum absolute atomic E-state index is 0.0364. The molecular weight excluding hydrogens is 416 g/mol. The van der Waals surface area contributed by atoms with Gasteiger partial charge in [0.1, 0.15) is 12.4 Å². The first-order valence-corrected chi connectivity index (χ1v) is 9.42. The Hall–Kier alpha value is -2.29. The van der Waals surface area contributed by atoms with Crippen LogP contribution in [0.15, 0.2) is 24.3 Å². The van der Waals surface area contributed by atoms with Crippen LogP contribution in [0.5, 0.6) is 0 Å². The molecule has 1 aromatic rings. The fraction of sp³-hybridized carbons (Fsp3) is 0.474. The van der Waals surface area contributed by atoms with Crippen molar-refractivity contribution in [3.05, 3.63) is 40.4 Å². The van der Waals surface area contributed by atoms with Crippen LogP contribution in [0.2, 0.25) is 5.02 Å². The predicted molar refractivity (Wildman–Crippen MR) is 95.5 cm³/mol. The minimum atomic E-state index is -4.60. The van der Waals surface area contributed by atoms with Crippen molar-refractivity contribution < 1.29 is 31.9 Å². The Labute approximate surface area is 168 Å². The molecule has 1 N–H and O–H groups in total. The van der Waals surface area contributed by atoms with Crippen LogP contribution >= 0.6 is 11.6 Å². The SMILES string of the molecule is O=C1N[C@]2(CO1)C[C@@H](C(=O)N1CC(/C=C(\F)c3ccc(C(F)(F)F)c(Cl)c3)C1)C2. The number of carbonyl (C=O) groups is 2. The van der Waals surface area contributed by atoms with E-state index in [2.05, 4.69) is 5.32 Å². The van der Waals surface area contributed by atoms with Crippen LogP contribution in [0, 0.1) is 11.8 Å². The molecule has 1 saturated carbocycles. The third-order valence-corrected chi connectivity index (χ3v) is 5.94. The summed E-state index contributed by atoms with van der Waals surface area (Å²) in [5.74, 6) is -1.13. The number of ether oxygens (including phenoxy) is 1. The Bertz CT molecular complexity index is 890. The third-order valence-electron chi connectivity index (χ3n) is 5.62. The quantitative estimate of drug-likeness (QED) is 0.734. The topological polar surface area (TPSA) is 58.6 Å². The van der Waals surface area contributed by atoms with E-state index >= 15 is 0 Å². The van der Waals surface area contributed by atoms with E-state index in [4.69, 9.17) is 16.3 Å². The lowest BCUT2D eigenvalue weighted by Crippen LogP contribution is -2.61. The van der Waals surface area contributed by atoms with Crippen molar-refractivity contribution in [3.63, 3.8) is 0 Å². The number of alkyl carbamates (subject to hydrolysis) is 1. The van der Waals surface area contributed by atoms with Crippen LogP contribution < -0.4 is 5.32 Å². The van der Waals surface area contributed by atoms with E-state index in [9.17, 15) is 27.2 Å². The lowest BCUT2D eigenvalue weighted by Gasteiger charge is -2.47. The smallest absolute Gasteiger partial charge is 0.417 e. The molecule has 5 nitrogen and oxygen atoms in total. The van der Waals surface area contributed by atoms with Crippen molar-refractivity contribution in [3.8, 4) is 0 Å². The van der Waals surface area contributed by atoms with Gasteiger partial charge in [0.25, 0.3) is 0 Å². The van der Waals surface area contributed by atoms with Gasteiger partial charge in [0, 0.05) is 30.5 Å². The van der Waals surface area contributed by atoms with Gasteiger partial charge in [0.05, 0.1) is 16.1 Å². The third kappa shape index (κ3) is 3.80. The number of amides is 2. The molecular formula is C19H17ClF4N2O3. The molecule has 1 aromatic carbocycles. The largest absolute Gasteiger partial charge is 0.447 e. The number of halogens is 5. The van der Waals surface area contributed by atoms with Gasteiger partial charge < -0.3 is 15.0 Å². The molecule has 156 valence electrons. The maximum Gasteiger partial charge on any atom is 0.417 e. The van der Waals surface area contributed by atoms with E-state index in [-0.39, 0.29) is 29.9 Å². The molecule has 29 heavy (non-hydrogen) atoms. The number of rotatable bonds is 3. The molecule has 2 saturated heterocycles. The van der Waals surface area contributed by atoms with Crippen LogP contribution in [0.1, 0.15) is 24.0 Å². The molecule has 0 aromatic heterocycles. The Morgan fingerprint density at radius 3 is 2.55 bits per heavy atom. The molecule has 2 aliphatic heterocycles. The molecule has 0 unspecified atom stereocenters. The second-order valence-corrected chi connectivity index (χ2v) is 8.20. The Morgan fingerprint density at radius 2 is 2.00 bits per heavy atom. The van der Waals surface area contributed by atoms with Crippen LogP contribution in [0.3, 0.4) is 0 Å². The highest BCUT2D eigenvalue weighted by atomic mass is 35.5. The number of nitrogens with zero attached hydrogens (tertiary/aromatic N) is 1. The predicted octanol–water partition coefficient (Wildman–Crippen LogP) is 4.02. The Balaban J connectivity index is 1.31. The van der Waals surface area contributed by atoms with Crippen LogP contribution in [0.4, 0.5) is 22.4 Å². The molecule has 1 aliphatic carbocycles. The minimum Gasteiger partial charge on any atom is -0.447 e. The van der Waals surface area contributed by atoms with E-state index in [0.717, 1.165) is 18.2 Å². The lowest BCUT2D eigenvalue weighted by molar-refractivity contribution is -0.146. The summed E-state index contributed by atoms with van der Waals surface area (Å²) < 4.78 is 57.5. The van der Waals surface area contributed by atoms with Gasteiger partial charge >= 0.3 is 12.3 Å². The van der Waals surface area contributed by atoms with Gasteiger partial charge in [-0.2, -0.15) is 13.2 Å². The van der Waals surface area contributed by atoms with E-state index in [0.29, 0.717) is 25.9 Å². The molecule has 3 fully saturated rings. The summed E-state index contributed by atoms with van der Waals surface area (Å²) >= 11 is 5.62. The molecule has 1 spiro atoms. The number of carbonyl (C=O) groups excluding carboxylic acids is 2. The van der Waals surface area contributed by atoms with Gasteiger partial charge in [-0.1, -0.05) is 17.7 Å². The van der Waals surface area contributed by atoms with Gasteiger partial charge in [-0.05, 0) is 31.1 Å². The average molecular weight is 433 g/mol. The number of likely N-dealkylation sites (tertiary alicyclic amines) is 1. The second kappa shape index (κ2) is 6.90. The summed E-state index contributed by atoms with van der Waals surface area (Å²) in [7, 11) is 0. The fourth-order valence-electron chi connectivity index (χ4n) is 4.02. The van der Waals surface area contributed by atoms with Gasteiger partial charge in [-0.25, -0.2) is 9.18 Å². The van der Waals surface area contributed by atoms with Crippen molar-refractivity contribution >= 4 is 29.4 Å². The van der Waals surface area contributed by atoms with Crippen molar-refractivity contribution in [2.24, 2.45) is 11.8 Å². The van der Waals surface area contributed by atoms with Gasteiger partial charge in [-0.15, -0.1) is 0 Å². The molecule has 10 heteroatoms. The number of cyclic esters (lactones) is 1. The maximum absolute atomic E-state index is 14.4. The van der Waals surface area contributed by atoms with E-state index in [1.807, 2.05) is 0 Å². The zero-order valence-electron chi connectivity index (χ0n) is 15.1. The Kier molecular flexibility index (Phi) is 4.76. The molecule has 0 atom stereocenters. The van der Waals surface area contributed by atoms with Crippen molar-refractivity contribution in [1.82, 2.24) is 10.2 Å². The Morgan fingerprint density at radius 1 is 1.31 bits per heavy atom. The zero-order chi connectivity index (χ0) is 21.0. The number of alkyl halides is 3. The van der Waals surface area contributed by atoms with E-state index in [1.165, 1.54) is 6.08 Å². The van der Waals surface area contributed by atoms with Crippen LogP contribution in [0.25, 0.3) is 5.83 Å². The summed E-state index contributed by atoms with van der Waals surface area (Å²) in [5, 5.41) is 2.16. The lowest BCUT2D eigenvalue weighted by atomic mass is 9.68. The first-order chi connectivity index (χ1) is 13.6. The summed E-state index contributed by atoms with van der Waals surface area (Å²) in [6.07, 6.45) is -2.72. The van der Waals surface area contributed by atoms with E-state index in [1.54, 1.807) is 4.90 Å². The highest BCUT2D eigenvalue weighted by molar-refractivity contribution is 6.31. The number of benzene rings is 1. The summed E-state index contributed by atoms with van der Waals surface area (Å²) in [6, 6.07) is 2.73. The molecule has 4 rings (SSSR count). The highest BCUT2D eigenvalue weighted by Gasteiger charge is 2.54. The zero-order valence-corrected chi connectivity index (χ0v) is 15.8.